The highest BCUT2D eigenvalue weighted by Gasteiger charge is 2.56. The van der Waals surface area contributed by atoms with Gasteiger partial charge in [0.2, 0.25) is 0 Å². The molecule has 16 heteroatoms. The third-order valence-corrected chi connectivity index (χ3v) is 12.2. The summed E-state index contributed by atoms with van der Waals surface area (Å²) in [5.74, 6) is -3.35. The summed E-state index contributed by atoms with van der Waals surface area (Å²) in [6, 6.07) is -2.29. The van der Waals surface area contributed by atoms with E-state index in [0.717, 1.165) is 0 Å². The quantitative estimate of drug-likeness (QED) is 0.294. The van der Waals surface area contributed by atoms with Crippen LogP contribution in [0.3, 0.4) is 0 Å². The number of amides is 2. The first kappa shape index (κ1) is 30.8. The minimum Gasteiger partial charge on any atom is -0.481 e. The Hall–Kier alpha value is -3.18. The first-order valence-electron chi connectivity index (χ1n) is 13.3. The second kappa shape index (κ2) is 11.2. The zero-order valence-corrected chi connectivity index (χ0v) is 25.2. The van der Waals surface area contributed by atoms with Crippen LogP contribution in [0.15, 0.2) is 12.7 Å². The van der Waals surface area contributed by atoms with E-state index in [1.165, 1.54) is 12.7 Å². The van der Waals surface area contributed by atoms with Crippen LogP contribution in [-0.2, 0) is 28.2 Å². The molecule has 4 N–H and O–H groups in total. The number of aromatic nitrogens is 4. The molecule has 0 spiro atoms. The summed E-state index contributed by atoms with van der Waals surface area (Å²) in [6.07, 6.45) is 0.0564. The van der Waals surface area contributed by atoms with Crippen molar-refractivity contribution in [2.75, 3.05) is 11.9 Å². The van der Waals surface area contributed by atoms with Gasteiger partial charge in [0.05, 0.1) is 12.9 Å². The van der Waals surface area contributed by atoms with E-state index in [1.54, 1.807) is 4.57 Å². The topological polar surface area (TPSA) is 196 Å². The maximum atomic E-state index is 12.6. The van der Waals surface area contributed by atoms with Crippen LogP contribution in [0, 0.1) is 0 Å². The minimum absolute atomic E-state index is 0.0185. The van der Waals surface area contributed by atoms with E-state index < -0.39 is 69.1 Å². The highest BCUT2D eigenvalue weighted by atomic mass is 28.4. The molecule has 2 aromatic heterocycles. The molecule has 0 aromatic carbocycles. The number of carboxylic acid groups (broad SMARTS) is 2. The molecule has 5 atom stereocenters. The number of carbonyl (C=O) groups is 3. The number of rotatable bonds is 10. The molecule has 15 nitrogen and oxygen atoms in total. The summed E-state index contributed by atoms with van der Waals surface area (Å²) >= 11 is 0. The number of aliphatic carboxylic acids is 2. The summed E-state index contributed by atoms with van der Waals surface area (Å²) in [7, 11) is -2.07. The number of urea groups is 1. The van der Waals surface area contributed by atoms with Gasteiger partial charge in [0, 0.05) is 6.42 Å². The number of hydrogen-bond donors (Lipinski definition) is 4. The van der Waals surface area contributed by atoms with E-state index in [4.69, 9.17) is 23.7 Å². The number of ether oxygens (including phenoxy) is 3. The van der Waals surface area contributed by atoms with Gasteiger partial charge in [0.1, 0.15) is 30.7 Å². The van der Waals surface area contributed by atoms with Gasteiger partial charge >= 0.3 is 18.0 Å². The number of imidazole rings is 1. The van der Waals surface area contributed by atoms with Crippen LogP contribution < -0.4 is 10.6 Å². The van der Waals surface area contributed by atoms with Crippen molar-refractivity contribution in [1.29, 1.82) is 0 Å². The third-order valence-electron chi connectivity index (χ3n) is 7.66. The zero-order chi connectivity index (χ0) is 30.3. The second-order valence-electron chi connectivity index (χ2n) is 12.2. The van der Waals surface area contributed by atoms with Gasteiger partial charge in [0.15, 0.2) is 37.3 Å². The van der Waals surface area contributed by atoms with E-state index in [0.29, 0.717) is 12.3 Å². The van der Waals surface area contributed by atoms with Crippen LogP contribution in [0.1, 0.15) is 53.7 Å². The zero-order valence-electron chi connectivity index (χ0n) is 24.2. The molecule has 41 heavy (non-hydrogen) atoms. The molecule has 0 radical (unpaired) electrons. The SMILES string of the molecule is CC1(C)O[C@@H]2[C@H](O1)[C@@H](CO[Si](C)(C)C(C)(C)C)O[C@H]2n1cnc2c(NC(=O)NC(CCC(=O)O)C(=O)O)ncnc21. The van der Waals surface area contributed by atoms with Crippen LogP contribution in [0.25, 0.3) is 11.2 Å². The molecule has 2 aliphatic rings. The number of fused-ring (bicyclic) bond motifs is 2. The maximum absolute atomic E-state index is 12.6. The average molecular weight is 595 g/mol. The molecule has 226 valence electrons. The van der Waals surface area contributed by atoms with E-state index in [1.807, 2.05) is 13.8 Å². The van der Waals surface area contributed by atoms with Crippen molar-refractivity contribution in [3.8, 4) is 0 Å². The highest BCUT2D eigenvalue weighted by molar-refractivity contribution is 6.74. The Morgan fingerprint density at radius 1 is 1.15 bits per heavy atom. The number of nitrogens with one attached hydrogen (secondary N) is 2. The lowest BCUT2D eigenvalue weighted by Crippen LogP contribution is -2.44. The fourth-order valence-corrected chi connectivity index (χ4v) is 5.49. The van der Waals surface area contributed by atoms with Crippen molar-refractivity contribution in [2.45, 2.75) is 102 Å². The predicted octanol–water partition coefficient (Wildman–Crippen LogP) is 2.71. The first-order valence-corrected chi connectivity index (χ1v) is 16.2. The smallest absolute Gasteiger partial charge is 0.326 e. The van der Waals surface area contributed by atoms with E-state index in [9.17, 15) is 19.5 Å². The number of anilines is 1. The van der Waals surface area contributed by atoms with Crippen molar-refractivity contribution < 1.29 is 43.2 Å². The lowest BCUT2D eigenvalue weighted by molar-refractivity contribution is -0.199. The second-order valence-corrected chi connectivity index (χ2v) is 17.0. The normalized spacial score (nSPS) is 24.7. The maximum Gasteiger partial charge on any atom is 0.326 e. The molecule has 2 fully saturated rings. The van der Waals surface area contributed by atoms with Crippen LogP contribution in [0.2, 0.25) is 18.1 Å². The molecule has 2 aromatic rings. The van der Waals surface area contributed by atoms with Crippen LogP contribution >= 0.6 is 0 Å². The van der Waals surface area contributed by atoms with Crippen LogP contribution in [0.5, 0.6) is 0 Å². The van der Waals surface area contributed by atoms with Crippen LogP contribution in [-0.4, -0.2) is 92.8 Å². The van der Waals surface area contributed by atoms with Gasteiger partial charge in [-0.3, -0.25) is 14.7 Å². The Labute approximate surface area is 238 Å². The van der Waals surface area contributed by atoms with Crippen molar-refractivity contribution >= 4 is 43.3 Å². The van der Waals surface area contributed by atoms with Gasteiger partial charge in [-0.15, -0.1) is 0 Å². The summed E-state index contributed by atoms with van der Waals surface area (Å²) in [5.41, 5.74) is 0.582. The van der Waals surface area contributed by atoms with Crippen molar-refractivity contribution in [2.24, 2.45) is 0 Å². The Morgan fingerprint density at radius 2 is 1.83 bits per heavy atom. The molecule has 2 aliphatic heterocycles. The summed E-state index contributed by atoms with van der Waals surface area (Å²) < 4.78 is 27.0. The summed E-state index contributed by atoms with van der Waals surface area (Å²) in [6.45, 7) is 14.8. The lowest BCUT2D eigenvalue weighted by Gasteiger charge is -2.37. The van der Waals surface area contributed by atoms with Crippen LogP contribution in [0.4, 0.5) is 10.6 Å². The monoisotopic (exact) mass is 594 g/mol. The minimum atomic E-state index is -2.07. The molecular weight excluding hydrogens is 556 g/mol. The van der Waals surface area contributed by atoms with Gasteiger partial charge in [-0.05, 0) is 38.4 Å². The number of carbonyl (C=O) groups excluding carboxylic acids is 1. The molecule has 4 rings (SSSR count). The molecule has 0 bridgehead atoms. The standard InChI is InChI=1S/C25H38N6O9Si/c1-24(2,3)41(6,7)37-10-14-17-18(40-25(4,5)39-17)21(38-14)31-12-28-16-19(26-11-27-20(16)31)30-23(36)29-13(22(34)35)8-9-15(32)33/h11-14,17-18,21H,8-10H2,1-7H3,(H,32,33)(H,34,35)(H2,26,27,29,30,36)/t13?,14-,17-,18-,21-/m1/s1. The van der Waals surface area contributed by atoms with Gasteiger partial charge in [-0.25, -0.2) is 24.5 Å². The molecule has 2 amide bonds. The fraction of sp³-hybridized carbons (Fsp3) is 0.680. The Morgan fingerprint density at radius 3 is 2.46 bits per heavy atom. The van der Waals surface area contributed by atoms with E-state index in [-0.39, 0.29) is 22.8 Å². The highest BCUT2D eigenvalue weighted by Crippen LogP contribution is 2.45. The number of nitrogens with zero attached hydrogens (tertiary/aromatic N) is 4. The predicted molar refractivity (Wildman–Crippen MR) is 147 cm³/mol. The fourth-order valence-electron chi connectivity index (χ4n) is 4.48. The van der Waals surface area contributed by atoms with Crippen molar-refractivity contribution in [1.82, 2.24) is 24.8 Å². The molecule has 1 unspecified atom stereocenters. The number of hydrogen-bond acceptors (Lipinski definition) is 10. The molecule has 4 heterocycles. The average Bonchev–Trinajstić information content (AvgIpc) is 3.50. The number of carboxylic acids is 2. The Balaban J connectivity index is 1.54. The summed E-state index contributed by atoms with van der Waals surface area (Å²) in [4.78, 5) is 47.7. The molecule has 2 saturated heterocycles. The van der Waals surface area contributed by atoms with Gasteiger partial charge in [0.25, 0.3) is 0 Å². The molecule has 0 aliphatic carbocycles. The van der Waals surface area contributed by atoms with Crippen molar-refractivity contribution in [3.05, 3.63) is 12.7 Å². The van der Waals surface area contributed by atoms with Crippen molar-refractivity contribution in [3.63, 3.8) is 0 Å². The largest absolute Gasteiger partial charge is 0.481 e. The van der Waals surface area contributed by atoms with Gasteiger partial charge < -0.3 is 34.2 Å². The lowest BCUT2D eigenvalue weighted by atomic mass is 10.1. The third kappa shape index (κ3) is 6.67. The van der Waals surface area contributed by atoms with Gasteiger partial charge in [-0.1, -0.05) is 20.8 Å². The first-order chi connectivity index (χ1) is 19.0. The molecular formula is C25H38N6O9Si. The Kier molecular flexibility index (Phi) is 8.44. The molecule has 0 saturated carbocycles. The Bertz CT molecular complexity index is 1310. The van der Waals surface area contributed by atoms with E-state index >= 15 is 0 Å². The van der Waals surface area contributed by atoms with Gasteiger partial charge in [-0.2, -0.15) is 0 Å². The summed E-state index contributed by atoms with van der Waals surface area (Å²) in [5, 5.41) is 22.9. The van der Waals surface area contributed by atoms with E-state index in [2.05, 4.69) is 59.5 Å².